The molecule has 0 amide bonds. The molecule has 9 N–H and O–H groups in total. The van der Waals surface area contributed by atoms with Crippen molar-refractivity contribution < 1.29 is 38.2 Å². The second-order valence-corrected chi connectivity index (χ2v) is 7.06. The maximum atomic E-state index is 13.4. The van der Waals surface area contributed by atoms with E-state index in [-0.39, 0.29) is 18.5 Å². The van der Waals surface area contributed by atoms with Crippen LogP contribution in [0.3, 0.4) is 0 Å². The molecule has 0 aliphatic carbocycles. The molecule has 0 saturated carbocycles. The fourth-order valence-corrected chi connectivity index (χ4v) is 4.11. The Balaban J connectivity index is 1.70. The van der Waals surface area contributed by atoms with E-state index in [4.69, 9.17) is 16.2 Å². The average Bonchev–Trinajstić information content (AvgIpc) is 3.09. The predicted molar refractivity (Wildman–Crippen MR) is 92.3 cm³/mol. The maximum absolute atomic E-state index is 13.4. The number of nitrogens with two attached hydrogens (primary N) is 2. The monoisotopic (exact) mass is 413 g/mol. The molecule has 3 aliphatic rings. The average molecular weight is 413 g/mol. The second-order valence-electron chi connectivity index (χ2n) is 7.06. The van der Waals surface area contributed by atoms with Gasteiger partial charge >= 0.3 is 11.9 Å². The number of carbonyl (C=O) groups is 1. The van der Waals surface area contributed by atoms with Gasteiger partial charge in [-0.25, -0.2) is 23.1 Å². The van der Waals surface area contributed by atoms with Crippen molar-refractivity contribution in [3.05, 3.63) is 35.4 Å². The van der Waals surface area contributed by atoms with Crippen molar-refractivity contribution in [3.63, 3.8) is 0 Å². The zero-order valence-electron chi connectivity index (χ0n) is 14.8. The normalized spacial score (nSPS) is 32.0. The molecule has 1 aromatic carbocycles. The van der Waals surface area contributed by atoms with Crippen LogP contribution in [-0.4, -0.2) is 80.6 Å². The number of rotatable bonds is 3. The van der Waals surface area contributed by atoms with Crippen LogP contribution in [0.25, 0.3) is 0 Å². The van der Waals surface area contributed by atoms with Crippen LogP contribution >= 0.6 is 0 Å². The summed E-state index contributed by atoms with van der Waals surface area (Å²) in [6.07, 6.45) is -1.60. The van der Waals surface area contributed by atoms with E-state index in [9.17, 15) is 28.9 Å². The summed E-state index contributed by atoms with van der Waals surface area (Å²) >= 11 is 0. The van der Waals surface area contributed by atoms with Crippen molar-refractivity contribution in [3.8, 4) is 0 Å². The number of aliphatic imine (C=N–C) groups is 1. The summed E-state index contributed by atoms with van der Waals surface area (Å²) in [6.45, 7) is -0.762. The lowest BCUT2D eigenvalue weighted by Crippen LogP contribution is -2.78. The minimum atomic E-state index is -2.79. The number of aliphatic hydroxyl groups is 3. The highest BCUT2D eigenvalue weighted by Crippen LogP contribution is 2.42. The summed E-state index contributed by atoms with van der Waals surface area (Å²) in [6, 6.07) is 0.265. The molecule has 0 bridgehead atoms. The molecule has 29 heavy (non-hydrogen) atoms. The first-order valence-corrected chi connectivity index (χ1v) is 8.61. The highest BCUT2D eigenvalue weighted by Gasteiger charge is 2.76. The van der Waals surface area contributed by atoms with Gasteiger partial charge < -0.3 is 31.1 Å². The molecule has 4 rings (SSSR count). The number of carbonyl (C=O) groups excluding carboxylic acids is 1. The number of hydrogen-bond donors (Lipinski definition) is 7. The molecule has 4 atom stereocenters. The minimum absolute atomic E-state index is 0.0412. The first-order chi connectivity index (χ1) is 13.6. The quantitative estimate of drug-likeness (QED) is 0.150. The van der Waals surface area contributed by atoms with Crippen LogP contribution in [0.15, 0.2) is 23.2 Å². The van der Waals surface area contributed by atoms with Crippen LogP contribution in [-0.2, 0) is 4.74 Å². The predicted octanol–water partition coefficient (Wildman–Crippen LogP) is -3.54. The van der Waals surface area contributed by atoms with Crippen molar-refractivity contribution in [2.75, 3.05) is 13.2 Å². The van der Waals surface area contributed by atoms with Crippen LogP contribution in [0.5, 0.6) is 0 Å². The van der Waals surface area contributed by atoms with Crippen molar-refractivity contribution in [2.24, 2.45) is 16.5 Å². The van der Waals surface area contributed by atoms with Gasteiger partial charge in [0.05, 0.1) is 12.2 Å². The fourth-order valence-electron chi connectivity index (χ4n) is 4.11. The maximum Gasteiger partial charge on any atom is 0.346 e. The van der Waals surface area contributed by atoms with E-state index in [0.29, 0.717) is 6.07 Å². The van der Waals surface area contributed by atoms with Gasteiger partial charge in [-0.1, -0.05) is 0 Å². The van der Waals surface area contributed by atoms with Crippen LogP contribution in [0.1, 0.15) is 10.4 Å². The standard InChI is InChI=1S/C16H18F2N6O5/c17-7-1-6(2-8(18)3-7)12(26)29-10-4-24-14(20)21-9(5-25)11-15(24,16(10,27)28)23-13(19)22-11/h1-3,9-11,25,27-28H,4-5H2,(H5,19,20,21,22,23)/p+1/t9-,10-,11-,15-/m0/s1. The smallest absolute Gasteiger partial charge is 0.346 e. The number of nitrogens with one attached hydrogen (secondary N) is 2. The topological polar surface area (TPSA) is 178 Å². The largest absolute Gasteiger partial charge is 0.449 e. The molecule has 0 radical (unpaired) electrons. The van der Waals surface area contributed by atoms with Gasteiger partial charge in [0.25, 0.3) is 5.79 Å². The summed E-state index contributed by atoms with van der Waals surface area (Å²) in [5.74, 6) is -6.13. The molecular weight excluding hydrogens is 394 g/mol. The highest BCUT2D eigenvalue weighted by atomic mass is 19.1. The number of guanidine groups is 2. The molecule has 1 fully saturated rings. The number of ether oxygens (including phenoxy) is 1. The van der Waals surface area contributed by atoms with E-state index in [1.165, 1.54) is 4.58 Å². The third-order valence-corrected chi connectivity index (χ3v) is 5.36. The molecule has 1 spiro atoms. The lowest BCUT2D eigenvalue weighted by molar-refractivity contribution is -0.623. The number of esters is 1. The van der Waals surface area contributed by atoms with E-state index in [0.717, 1.165) is 12.1 Å². The van der Waals surface area contributed by atoms with Gasteiger partial charge in [0, 0.05) is 6.07 Å². The van der Waals surface area contributed by atoms with Gasteiger partial charge in [-0.3, -0.25) is 11.1 Å². The number of aliphatic hydroxyl groups excluding tert-OH is 1. The SMILES string of the molecule is NC1=N[C@H]2[C@H](CO)NC(N)=[N+]3C[C@H](OC(=O)c4cc(F)cc(F)c4)C(O)(O)[C@]23N1. The zero-order valence-corrected chi connectivity index (χ0v) is 14.8. The third-order valence-electron chi connectivity index (χ3n) is 5.36. The van der Waals surface area contributed by atoms with Gasteiger partial charge in [0.15, 0.2) is 18.1 Å². The van der Waals surface area contributed by atoms with Crippen molar-refractivity contribution in [1.82, 2.24) is 10.6 Å². The molecular formula is C16H19F2N6O5+. The summed E-state index contributed by atoms with van der Waals surface area (Å²) < 4.78 is 33.2. The van der Waals surface area contributed by atoms with Crippen LogP contribution in [0, 0.1) is 11.6 Å². The summed E-state index contributed by atoms with van der Waals surface area (Å²) in [7, 11) is 0. The number of nitrogens with zero attached hydrogens (tertiary/aromatic N) is 2. The molecule has 0 unspecified atom stereocenters. The molecule has 1 aromatic rings. The summed E-state index contributed by atoms with van der Waals surface area (Å²) in [5.41, 5.74) is 9.43. The van der Waals surface area contributed by atoms with Gasteiger partial charge in [-0.2, -0.15) is 0 Å². The van der Waals surface area contributed by atoms with Gasteiger partial charge in [0.2, 0.25) is 5.66 Å². The van der Waals surface area contributed by atoms with Crippen LogP contribution < -0.4 is 22.1 Å². The Morgan fingerprint density at radius 1 is 1.31 bits per heavy atom. The number of halogens is 2. The van der Waals surface area contributed by atoms with Gasteiger partial charge in [-0.15, -0.1) is 0 Å². The first-order valence-electron chi connectivity index (χ1n) is 8.61. The Morgan fingerprint density at radius 3 is 2.59 bits per heavy atom. The van der Waals surface area contributed by atoms with E-state index < -0.39 is 59.4 Å². The fraction of sp³-hybridized carbons (Fsp3) is 0.438. The zero-order chi connectivity index (χ0) is 21.1. The van der Waals surface area contributed by atoms with Crippen LogP contribution in [0.2, 0.25) is 0 Å². The van der Waals surface area contributed by atoms with E-state index in [1.807, 2.05) is 0 Å². The molecule has 11 nitrogen and oxygen atoms in total. The Bertz CT molecular complexity index is 933. The number of hydrogen-bond acceptors (Lipinski definition) is 10. The summed E-state index contributed by atoms with van der Waals surface area (Å²) in [4.78, 5) is 16.5. The molecule has 1 saturated heterocycles. The summed E-state index contributed by atoms with van der Waals surface area (Å²) in [5, 5.41) is 37.1. The highest BCUT2D eigenvalue weighted by molar-refractivity contribution is 5.89. The lowest BCUT2D eigenvalue weighted by Gasteiger charge is -2.42. The van der Waals surface area contributed by atoms with Crippen LogP contribution in [0.4, 0.5) is 8.78 Å². The van der Waals surface area contributed by atoms with E-state index in [1.54, 1.807) is 0 Å². The molecule has 3 heterocycles. The Kier molecular flexibility index (Phi) is 4.15. The first kappa shape index (κ1) is 19.3. The van der Waals surface area contributed by atoms with E-state index in [2.05, 4.69) is 15.6 Å². The second kappa shape index (κ2) is 6.23. The van der Waals surface area contributed by atoms with Crippen molar-refractivity contribution >= 4 is 17.9 Å². The molecule has 156 valence electrons. The van der Waals surface area contributed by atoms with Gasteiger partial charge in [-0.05, 0) is 12.1 Å². The Morgan fingerprint density at radius 2 is 1.97 bits per heavy atom. The lowest BCUT2D eigenvalue weighted by atomic mass is 9.86. The molecule has 3 aliphatic heterocycles. The minimum Gasteiger partial charge on any atom is -0.449 e. The van der Waals surface area contributed by atoms with E-state index >= 15 is 0 Å². The molecule has 0 aromatic heterocycles. The van der Waals surface area contributed by atoms with Crippen molar-refractivity contribution in [2.45, 2.75) is 29.6 Å². The third kappa shape index (κ3) is 2.62. The Hall–Kier alpha value is -3.03. The molecule has 13 heteroatoms. The Labute approximate surface area is 162 Å². The van der Waals surface area contributed by atoms with Crippen molar-refractivity contribution in [1.29, 1.82) is 0 Å². The number of benzene rings is 1. The van der Waals surface area contributed by atoms with Gasteiger partial charge in [0.1, 0.15) is 24.2 Å².